The van der Waals surface area contributed by atoms with E-state index in [1.54, 1.807) is 34.1 Å². The Morgan fingerprint density at radius 2 is 1.84 bits per heavy atom. The summed E-state index contributed by atoms with van der Waals surface area (Å²) in [5.41, 5.74) is 6.05. The molecule has 0 bridgehead atoms. The molecule has 0 aliphatic heterocycles. The van der Waals surface area contributed by atoms with E-state index in [0.717, 1.165) is 0 Å². The summed E-state index contributed by atoms with van der Waals surface area (Å²) in [4.78, 5) is 11.8. The lowest BCUT2D eigenvalue weighted by Crippen LogP contribution is -2.37. The molecule has 106 valence electrons. The zero-order chi connectivity index (χ0) is 14.6. The third kappa shape index (κ3) is 2.81. The van der Waals surface area contributed by atoms with E-state index in [1.165, 1.54) is 7.11 Å². The highest BCUT2D eigenvalue weighted by atomic mass is 16.5. The summed E-state index contributed by atoms with van der Waals surface area (Å²) in [6.45, 7) is 3.48. The minimum Gasteiger partial charge on any atom is -0.493 e. The largest absolute Gasteiger partial charge is 0.493 e. The van der Waals surface area contributed by atoms with Gasteiger partial charge in [-0.3, -0.25) is 4.79 Å². The van der Waals surface area contributed by atoms with Gasteiger partial charge in [0, 0.05) is 11.6 Å². The van der Waals surface area contributed by atoms with Gasteiger partial charge in [0.1, 0.15) is 0 Å². The molecule has 0 aliphatic rings. The summed E-state index contributed by atoms with van der Waals surface area (Å²) in [6.07, 6.45) is 0. The molecule has 1 aromatic rings. The van der Waals surface area contributed by atoms with Gasteiger partial charge in [-0.1, -0.05) is 12.1 Å². The molecule has 0 aliphatic carbocycles. The van der Waals surface area contributed by atoms with Crippen LogP contribution in [0.4, 0.5) is 0 Å². The molecule has 0 spiro atoms. The lowest BCUT2D eigenvalue weighted by molar-refractivity contribution is -0.152. The maximum Gasteiger partial charge on any atom is 0.313 e. The van der Waals surface area contributed by atoms with Crippen LogP contribution in [0.25, 0.3) is 0 Å². The average molecular weight is 267 g/mol. The van der Waals surface area contributed by atoms with Gasteiger partial charge in [-0.25, -0.2) is 0 Å². The molecule has 1 aromatic carbocycles. The van der Waals surface area contributed by atoms with Crippen LogP contribution in [0.3, 0.4) is 0 Å². The van der Waals surface area contributed by atoms with E-state index >= 15 is 0 Å². The van der Waals surface area contributed by atoms with Crippen molar-refractivity contribution in [2.24, 2.45) is 11.1 Å². The van der Waals surface area contributed by atoms with E-state index in [1.807, 2.05) is 12.1 Å². The van der Waals surface area contributed by atoms with Crippen molar-refractivity contribution in [1.82, 2.24) is 0 Å². The first-order valence-corrected chi connectivity index (χ1v) is 5.95. The number of hydrogen-bond acceptors (Lipinski definition) is 5. The minimum atomic E-state index is -0.867. The topological polar surface area (TPSA) is 70.8 Å². The Balaban J connectivity index is 3.26. The summed E-state index contributed by atoms with van der Waals surface area (Å²) < 4.78 is 15.4. The van der Waals surface area contributed by atoms with Crippen molar-refractivity contribution >= 4 is 5.97 Å². The lowest BCUT2D eigenvalue weighted by Gasteiger charge is -2.30. The predicted octanol–water partition coefficient (Wildman–Crippen LogP) is 1.90. The molecule has 5 heteroatoms. The fraction of sp³-hybridized carbons (Fsp3) is 0.500. The number of hydrogen-bond donors (Lipinski definition) is 1. The van der Waals surface area contributed by atoms with Gasteiger partial charge < -0.3 is 19.9 Å². The quantitative estimate of drug-likeness (QED) is 0.825. The van der Waals surface area contributed by atoms with Crippen molar-refractivity contribution in [3.05, 3.63) is 23.8 Å². The first-order chi connectivity index (χ1) is 8.89. The van der Waals surface area contributed by atoms with Crippen molar-refractivity contribution in [3.63, 3.8) is 0 Å². The minimum absolute atomic E-state index is 0.370. The highest BCUT2D eigenvalue weighted by Gasteiger charge is 2.38. The summed E-state index contributed by atoms with van der Waals surface area (Å²) >= 11 is 0. The summed E-state index contributed by atoms with van der Waals surface area (Å²) in [5, 5.41) is 0. The Morgan fingerprint density at radius 1 is 1.21 bits per heavy atom. The molecule has 0 aromatic heterocycles. The van der Waals surface area contributed by atoms with E-state index in [2.05, 4.69) is 0 Å². The highest BCUT2D eigenvalue weighted by molar-refractivity contribution is 5.77. The Bertz CT molecular complexity index is 457. The van der Waals surface area contributed by atoms with E-state index in [4.69, 9.17) is 19.9 Å². The average Bonchev–Trinajstić information content (AvgIpc) is 2.44. The fourth-order valence-electron chi connectivity index (χ4n) is 1.94. The van der Waals surface area contributed by atoms with Crippen LogP contribution in [0.2, 0.25) is 0 Å². The van der Waals surface area contributed by atoms with Crippen molar-refractivity contribution < 1.29 is 19.0 Å². The predicted molar refractivity (Wildman–Crippen MR) is 72.3 cm³/mol. The van der Waals surface area contributed by atoms with Crippen molar-refractivity contribution in [3.8, 4) is 11.5 Å². The lowest BCUT2D eigenvalue weighted by atomic mass is 9.80. The van der Waals surface area contributed by atoms with Crippen LogP contribution >= 0.6 is 0 Å². The standard InChI is InChI=1S/C14H21NO4/c1-14(2,13(16)19-5)12(15)9-7-6-8-10(17-3)11(9)18-4/h6-8,12H,15H2,1-5H3/t12-/m0/s1. The number of methoxy groups -OCH3 is 3. The molecule has 1 atom stereocenters. The van der Waals surface area contributed by atoms with Crippen LogP contribution in [0.15, 0.2) is 18.2 Å². The Hall–Kier alpha value is -1.75. The third-order valence-electron chi connectivity index (χ3n) is 3.26. The monoisotopic (exact) mass is 267 g/mol. The van der Waals surface area contributed by atoms with Crippen LogP contribution < -0.4 is 15.2 Å². The Kier molecular flexibility index (Phi) is 4.78. The van der Waals surface area contributed by atoms with Crippen molar-refractivity contribution in [1.29, 1.82) is 0 Å². The molecule has 0 saturated heterocycles. The van der Waals surface area contributed by atoms with E-state index in [9.17, 15) is 4.79 Å². The van der Waals surface area contributed by atoms with Gasteiger partial charge >= 0.3 is 5.97 Å². The third-order valence-corrected chi connectivity index (χ3v) is 3.26. The maximum absolute atomic E-state index is 11.8. The number of carbonyl (C=O) groups is 1. The Labute approximate surface area is 113 Å². The molecule has 5 nitrogen and oxygen atoms in total. The molecule has 0 amide bonds. The van der Waals surface area contributed by atoms with Crippen LogP contribution in [-0.2, 0) is 9.53 Å². The van der Waals surface area contributed by atoms with Gasteiger partial charge in [0.2, 0.25) is 0 Å². The molecule has 19 heavy (non-hydrogen) atoms. The molecule has 0 heterocycles. The number of ether oxygens (including phenoxy) is 3. The second-order valence-electron chi connectivity index (χ2n) is 4.77. The molecule has 0 radical (unpaired) electrons. The van der Waals surface area contributed by atoms with Crippen LogP contribution in [0.5, 0.6) is 11.5 Å². The molecule has 0 fully saturated rings. The van der Waals surface area contributed by atoms with Crippen LogP contribution in [0, 0.1) is 5.41 Å². The van der Waals surface area contributed by atoms with E-state index in [-0.39, 0.29) is 5.97 Å². The maximum atomic E-state index is 11.8. The SMILES string of the molecule is COC(=O)C(C)(C)[C@@H](N)c1cccc(OC)c1OC. The van der Waals surface area contributed by atoms with Crippen LogP contribution in [-0.4, -0.2) is 27.3 Å². The summed E-state index contributed by atoms with van der Waals surface area (Å²) in [5.74, 6) is 0.746. The molecular weight excluding hydrogens is 246 g/mol. The van der Waals surface area contributed by atoms with E-state index in [0.29, 0.717) is 17.1 Å². The number of rotatable bonds is 5. The number of carbonyl (C=O) groups excluding carboxylic acids is 1. The fourth-order valence-corrected chi connectivity index (χ4v) is 1.94. The van der Waals surface area contributed by atoms with E-state index < -0.39 is 11.5 Å². The van der Waals surface area contributed by atoms with Gasteiger partial charge in [-0.15, -0.1) is 0 Å². The van der Waals surface area contributed by atoms with Gasteiger partial charge in [-0.2, -0.15) is 0 Å². The van der Waals surface area contributed by atoms with Crippen LogP contribution in [0.1, 0.15) is 25.5 Å². The van der Waals surface area contributed by atoms with Crippen molar-refractivity contribution in [2.75, 3.05) is 21.3 Å². The Morgan fingerprint density at radius 3 is 2.32 bits per heavy atom. The molecule has 2 N–H and O–H groups in total. The van der Waals surface area contributed by atoms with Gasteiger partial charge in [0.15, 0.2) is 11.5 Å². The molecular formula is C14H21NO4. The van der Waals surface area contributed by atoms with Gasteiger partial charge in [0.05, 0.1) is 26.7 Å². The normalized spacial score (nSPS) is 12.7. The van der Waals surface area contributed by atoms with Crippen molar-refractivity contribution in [2.45, 2.75) is 19.9 Å². The second kappa shape index (κ2) is 5.93. The zero-order valence-electron chi connectivity index (χ0n) is 12.0. The summed E-state index contributed by atoms with van der Waals surface area (Å²) in [6, 6.07) is 4.84. The number of esters is 1. The molecule has 0 unspecified atom stereocenters. The number of nitrogens with two attached hydrogens (primary N) is 1. The second-order valence-corrected chi connectivity index (χ2v) is 4.77. The zero-order valence-corrected chi connectivity index (χ0v) is 12.0. The smallest absolute Gasteiger partial charge is 0.313 e. The first-order valence-electron chi connectivity index (χ1n) is 5.95. The first kappa shape index (κ1) is 15.3. The van der Waals surface area contributed by atoms with Gasteiger partial charge in [0.25, 0.3) is 0 Å². The highest BCUT2D eigenvalue weighted by Crippen LogP contribution is 2.40. The summed E-state index contributed by atoms with van der Waals surface area (Å²) in [7, 11) is 4.44. The number of para-hydroxylation sites is 1. The number of benzene rings is 1. The molecule has 1 rings (SSSR count). The van der Waals surface area contributed by atoms with Gasteiger partial charge in [-0.05, 0) is 19.9 Å². The molecule has 0 saturated carbocycles.